The summed E-state index contributed by atoms with van der Waals surface area (Å²) >= 11 is 0. The topological polar surface area (TPSA) is 46.5 Å². The molecule has 1 N–H and O–H groups in total. The largest absolute Gasteiger partial charge is 0.508 e. The van der Waals surface area contributed by atoms with E-state index >= 15 is 0 Å². The fourth-order valence-electron chi connectivity index (χ4n) is 6.25. The molecule has 0 spiro atoms. The molecule has 0 bridgehead atoms. The van der Waals surface area contributed by atoms with Crippen LogP contribution in [0.3, 0.4) is 0 Å². The summed E-state index contributed by atoms with van der Waals surface area (Å²) in [7, 11) is 0. The highest BCUT2D eigenvalue weighted by Crippen LogP contribution is 2.61. The molecule has 142 valence electrons. The average Bonchev–Trinajstić information content (AvgIpc) is 2.96. The number of phenols is 1. The number of phenolic OH excluding ortho intramolecular Hbond substituents is 1. The molecular formula is C23H32O3. The maximum absolute atomic E-state index is 12.2. The predicted molar refractivity (Wildman–Crippen MR) is 102 cm³/mol. The van der Waals surface area contributed by atoms with Crippen LogP contribution in [0.4, 0.5) is 0 Å². The molecular weight excluding hydrogens is 324 g/mol. The number of aryl methyl sites for hydroxylation is 1. The van der Waals surface area contributed by atoms with Crippen molar-refractivity contribution in [1.82, 2.24) is 0 Å². The van der Waals surface area contributed by atoms with Crippen molar-refractivity contribution in [2.75, 3.05) is 0 Å². The molecule has 2 fully saturated rings. The lowest BCUT2D eigenvalue weighted by Gasteiger charge is -2.50. The van der Waals surface area contributed by atoms with Crippen molar-refractivity contribution in [3.05, 3.63) is 29.3 Å². The molecule has 0 heterocycles. The summed E-state index contributed by atoms with van der Waals surface area (Å²) < 4.78 is 5.98. The first-order chi connectivity index (χ1) is 12.5. The van der Waals surface area contributed by atoms with E-state index in [0.717, 1.165) is 32.1 Å². The predicted octanol–water partition coefficient (Wildman–Crippen LogP) is 5.35. The number of carbonyl (C=O) groups is 1. The molecule has 0 aromatic heterocycles. The fraction of sp³-hybridized carbons (Fsp3) is 0.696. The Balaban J connectivity index is 1.51. The van der Waals surface area contributed by atoms with E-state index in [1.54, 1.807) is 0 Å². The van der Waals surface area contributed by atoms with Crippen LogP contribution in [0.1, 0.15) is 82.3 Å². The second-order valence-electron chi connectivity index (χ2n) is 9.00. The van der Waals surface area contributed by atoms with E-state index in [4.69, 9.17) is 4.74 Å². The number of esters is 1. The zero-order valence-corrected chi connectivity index (χ0v) is 16.2. The highest BCUT2D eigenvalue weighted by molar-refractivity contribution is 5.69. The van der Waals surface area contributed by atoms with E-state index in [2.05, 4.69) is 19.9 Å². The molecule has 0 amide bonds. The normalized spacial score (nSPS) is 35.3. The maximum atomic E-state index is 12.2. The lowest BCUT2D eigenvalue weighted by molar-refractivity contribution is -0.157. The van der Waals surface area contributed by atoms with Gasteiger partial charge in [0, 0.05) is 11.8 Å². The zero-order valence-electron chi connectivity index (χ0n) is 16.2. The van der Waals surface area contributed by atoms with Crippen LogP contribution in [0.15, 0.2) is 18.2 Å². The van der Waals surface area contributed by atoms with Crippen LogP contribution in [0.5, 0.6) is 5.75 Å². The third-order valence-corrected chi connectivity index (χ3v) is 7.63. The first-order valence-electron chi connectivity index (χ1n) is 10.5. The molecule has 26 heavy (non-hydrogen) atoms. The molecule has 3 aliphatic rings. The van der Waals surface area contributed by atoms with Crippen LogP contribution < -0.4 is 0 Å². The molecule has 0 radical (unpaired) electrons. The van der Waals surface area contributed by atoms with Crippen LogP contribution in [0.2, 0.25) is 0 Å². The standard InChI is InChI=1S/C23H32O3/c1-3-4-5-22(25)26-21-11-10-20-19-8-6-15-14-16(24)7-9-17(15)18(19)12-13-23(20,21)2/h7,9,14,18-21,24H,3-6,8,10-13H2,1-2H3/t18-,19?,20+,21+,23+/m1/s1. The summed E-state index contributed by atoms with van der Waals surface area (Å²) in [6, 6.07) is 5.97. The monoisotopic (exact) mass is 356 g/mol. The van der Waals surface area contributed by atoms with Gasteiger partial charge in [0.15, 0.2) is 0 Å². The van der Waals surface area contributed by atoms with Crippen LogP contribution >= 0.6 is 0 Å². The van der Waals surface area contributed by atoms with Gasteiger partial charge in [-0.3, -0.25) is 4.79 Å². The van der Waals surface area contributed by atoms with E-state index in [1.807, 2.05) is 12.1 Å². The van der Waals surface area contributed by atoms with Crippen molar-refractivity contribution in [3.63, 3.8) is 0 Å². The number of hydrogen-bond acceptors (Lipinski definition) is 3. The van der Waals surface area contributed by atoms with Gasteiger partial charge in [0.2, 0.25) is 0 Å². The Morgan fingerprint density at radius 2 is 2.12 bits per heavy atom. The summed E-state index contributed by atoms with van der Waals surface area (Å²) in [6.45, 7) is 4.49. The molecule has 1 aromatic carbocycles. The molecule has 1 aromatic rings. The summed E-state index contributed by atoms with van der Waals surface area (Å²) in [5.41, 5.74) is 2.96. The third kappa shape index (κ3) is 2.93. The number of rotatable bonds is 4. The number of unbranched alkanes of at least 4 members (excludes halogenated alkanes) is 1. The van der Waals surface area contributed by atoms with Gasteiger partial charge in [0.25, 0.3) is 0 Å². The van der Waals surface area contributed by atoms with Gasteiger partial charge in [-0.25, -0.2) is 0 Å². The van der Waals surface area contributed by atoms with E-state index in [1.165, 1.54) is 30.4 Å². The number of hydrogen-bond donors (Lipinski definition) is 1. The van der Waals surface area contributed by atoms with Gasteiger partial charge in [0.05, 0.1) is 0 Å². The lowest BCUT2D eigenvalue weighted by Crippen LogP contribution is -2.45. The second kappa shape index (κ2) is 6.90. The summed E-state index contributed by atoms with van der Waals surface area (Å²) in [6.07, 6.45) is 9.47. The number of ether oxygens (including phenoxy) is 1. The Kier molecular flexibility index (Phi) is 4.75. The summed E-state index contributed by atoms with van der Waals surface area (Å²) in [4.78, 5) is 12.2. The highest BCUT2D eigenvalue weighted by Gasteiger charge is 2.56. The Morgan fingerprint density at radius 3 is 2.92 bits per heavy atom. The number of benzene rings is 1. The van der Waals surface area contributed by atoms with Crippen molar-refractivity contribution in [3.8, 4) is 5.75 Å². The number of fused-ring (bicyclic) bond motifs is 5. The Morgan fingerprint density at radius 1 is 1.27 bits per heavy atom. The minimum Gasteiger partial charge on any atom is -0.508 e. The Labute approximate surface area is 157 Å². The first kappa shape index (κ1) is 17.9. The molecule has 2 saturated carbocycles. The quantitative estimate of drug-likeness (QED) is 0.740. The summed E-state index contributed by atoms with van der Waals surface area (Å²) in [5, 5.41) is 9.81. The Hall–Kier alpha value is -1.51. The van der Waals surface area contributed by atoms with Crippen LogP contribution in [0.25, 0.3) is 0 Å². The van der Waals surface area contributed by atoms with Gasteiger partial charge in [-0.05, 0) is 86.0 Å². The molecule has 3 aliphatic carbocycles. The number of carbonyl (C=O) groups excluding carboxylic acids is 1. The third-order valence-electron chi connectivity index (χ3n) is 7.63. The Bertz CT molecular complexity index is 682. The van der Waals surface area contributed by atoms with Gasteiger partial charge in [0.1, 0.15) is 11.9 Å². The molecule has 4 rings (SSSR count). The second-order valence-corrected chi connectivity index (χ2v) is 9.00. The van der Waals surface area contributed by atoms with Gasteiger partial charge in [-0.1, -0.05) is 26.3 Å². The van der Waals surface area contributed by atoms with Crippen LogP contribution in [-0.2, 0) is 16.0 Å². The molecule has 1 unspecified atom stereocenters. The highest BCUT2D eigenvalue weighted by atomic mass is 16.5. The molecule has 0 aliphatic heterocycles. The van der Waals surface area contributed by atoms with Gasteiger partial charge in [-0.2, -0.15) is 0 Å². The maximum Gasteiger partial charge on any atom is 0.306 e. The smallest absolute Gasteiger partial charge is 0.306 e. The van der Waals surface area contributed by atoms with E-state index in [0.29, 0.717) is 29.9 Å². The molecule has 0 saturated heterocycles. The van der Waals surface area contributed by atoms with E-state index in [-0.39, 0.29) is 17.5 Å². The minimum atomic E-state index is 0.00492. The van der Waals surface area contributed by atoms with Crippen LogP contribution in [0, 0.1) is 17.3 Å². The number of aromatic hydroxyl groups is 1. The summed E-state index contributed by atoms with van der Waals surface area (Å²) in [5.74, 6) is 2.37. The zero-order chi connectivity index (χ0) is 18.3. The lowest BCUT2D eigenvalue weighted by atomic mass is 9.55. The minimum absolute atomic E-state index is 0.00492. The first-order valence-corrected chi connectivity index (χ1v) is 10.5. The van der Waals surface area contributed by atoms with E-state index < -0.39 is 0 Å². The van der Waals surface area contributed by atoms with Crippen molar-refractivity contribution in [1.29, 1.82) is 0 Å². The van der Waals surface area contributed by atoms with Gasteiger partial charge < -0.3 is 9.84 Å². The van der Waals surface area contributed by atoms with E-state index in [9.17, 15) is 9.90 Å². The van der Waals surface area contributed by atoms with Gasteiger partial charge in [-0.15, -0.1) is 0 Å². The van der Waals surface area contributed by atoms with Crippen molar-refractivity contribution < 1.29 is 14.6 Å². The fourth-order valence-corrected chi connectivity index (χ4v) is 6.25. The molecule has 3 heteroatoms. The molecule has 5 atom stereocenters. The average molecular weight is 357 g/mol. The van der Waals surface area contributed by atoms with Gasteiger partial charge >= 0.3 is 5.97 Å². The van der Waals surface area contributed by atoms with Crippen molar-refractivity contribution in [2.45, 2.75) is 83.7 Å². The van der Waals surface area contributed by atoms with Crippen molar-refractivity contribution in [2.24, 2.45) is 17.3 Å². The molecule has 3 nitrogen and oxygen atoms in total. The van der Waals surface area contributed by atoms with Crippen molar-refractivity contribution >= 4 is 5.97 Å². The van der Waals surface area contributed by atoms with Crippen LogP contribution in [-0.4, -0.2) is 17.2 Å². The SMILES string of the molecule is CCCCC(=O)O[C@H]1CC[C@H]2C3CCc4cc(O)ccc4[C@H]3CC[C@]12C.